The van der Waals surface area contributed by atoms with Crippen LogP contribution in [0.1, 0.15) is 47.0 Å². The van der Waals surface area contributed by atoms with E-state index in [9.17, 15) is 14.4 Å². The third-order valence-corrected chi connectivity index (χ3v) is 4.84. The van der Waals surface area contributed by atoms with Crippen LogP contribution in [-0.2, 0) is 9.59 Å². The molecule has 0 radical (unpaired) electrons. The van der Waals surface area contributed by atoms with Crippen molar-refractivity contribution in [3.8, 4) is 0 Å². The van der Waals surface area contributed by atoms with Crippen LogP contribution in [0.15, 0.2) is 0 Å². The minimum atomic E-state index is -0.734. The third kappa shape index (κ3) is 2.58. The Bertz CT molecular complexity index is 433. The Labute approximate surface area is 120 Å². The predicted octanol–water partition coefficient (Wildman–Crippen LogP) is 2.16. The van der Waals surface area contributed by atoms with Crippen molar-refractivity contribution in [1.29, 1.82) is 0 Å². The van der Waals surface area contributed by atoms with Crippen LogP contribution in [0.2, 0.25) is 0 Å². The highest BCUT2D eigenvalue weighted by Gasteiger charge is 2.45. The molecule has 2 rings (SSSR count). The fourth-order valence-electron chi connectivity index (χ4n) is 3.29. The molecule has 0 spiro atoms. The summed E-state index contributed by atoms with van der Waals surface area (Å²) in [7, 11) is 0. The van der Waals surface area contributed by atoms with Gasteiger partial charge in [0.15, 0.2) is 0 Å². The van der Waals surface area contributed by atoms with Crippen LogP contribution in [0, 0.1) is 23.7 Å². The van der Waals surface area contributed by atoms with E-state index in [2.05, 4.69) is 19.2 Å². The van der Waals surface area contributed by atoms with Crippen molar-refractivity contribution in [2.45, 2.75) is 53.0 Å². The van der Waals surface area contributed by atoms with Gasteiger partial charge in [-0.3, -0.25) is 19.8 Å². The van der Waals surface area contributed by atoms with Crippen molar-refractivity contribution in [2.75, 3.05) is 0 Å². The van der Waals surface area contributed by atoms with E-state index in [1.54, 1.807) is 0 Å². The molecule has 5 nitrogen and oxygen atoms in total. The third-order valence-electron chi connectivity index (χ3n) is 4.84. The van der Waals surface area contributed by atoms with Crippen molar-refractivity contribution < 1.29 is 14.4 Å². The Balaban J connectivity index is 2.19. The molecule has 1 aliphatic heterocycles. The van der Waals surface area contributed by atoms with Crippen molar-refractivity contribution >= 4 is 17.8 Å². The van der Waals surface area contributed by atoms with Crippen molar-refractivity contribution in [3.05, 3.63) is 0 Å². The Kier molecular flexibility index (Phi) is 4.16. The van der Waals surface area contributed by atoms with E-state index in [0.717, 1.165) is 19.3 Å². The summed E-state index contributed by atoms with van der Waals surface area (Å²) in [4.78, 5) is 37.7. The van der Waals surface area contributed by atoms with Gasteiger partial charge in [0.1, 0.15) is 5.92 Å². The zero-order valence-electron chi connectivity index (χ0n) is 12.7. The number of nitrogens with zero attached hydrogens (tertiary/aromatic N) is 1. The lowest BCUT2D eigenvalue weighted by molar-refractivity contribution is -0.146. The van der Waals surface area contributed by atoms with Crippen LogP contribution in [-0.4, -0.2) is 28.8 Å². The highest BCUT2D eigenvalue weighted by molar-refractivity contribution is 6.16. The van der Waals surface area contributed by atoms with E-state index < -0.39 is 17.9 Å². The van der Waals surface area contributed by atoms with E-state index in [1.807, 2.05) is 13.8 Å². The van der Waals surface area contributed by atoms with Gasteiger partial charge in [0.2, 0.25) is 11.8 Å². The molecule has 112 valence electrons. The van der Waals surface area contributed by atoms with Crippen molar-refractivity contribution in [2.24, 2.45) is 23.7 Å². The fraction of sp³-hybridized carbons (Fsp3) is 0.800. The van der Waals surface area contributed by atoms with Crippen LogP contribution in [0.5, 0.6) is 0 Å². The maximum Gasteiger partial charge on any atom is 0.331 e. The predicted molar refractivity (Wildman–Crippen MR) is 74.7 cm³/mol. The van der Waals surface area contributed by atoms with Gasteiger partial charge in [0.05, 0.1) is 0 Å². The molecule has 5 heteroatoms. The van der Waals surface area contributed by atoms with Gasteiger partial charge in [0, 0.05) is 6.04 Å². The molecule has 0 bridgehead atoms. The maximum absolute atomic E-state index is 12.5. The monoisotopic (exact) mass is 280 g/mol. The number of amides is 4. The molecular weight excluding hydrogens is 256 g/mol. The molecule has 4 amide bonds. The SMILES string of the molecule is CC(C)C1C(=O)NC(=O)N(C2CCC(C)C(C)C2)C1=O. The molecule has 1 saturated heterocycles. The first-order chi connectivity index (χ1) is 9.32. The molecule has 0 aromatic rings. The van der Waals surface area contributed by atoms with Crippen molar-refractivity contribution in [1.82, 2.24) is 10.2 Å². The van der Waals surface area contributed by atoms with E-state index in [4.69, 9.17) is 0 Å². The van der Waals surface area contributed by atoms with E-state index in [0.29, 0.717) is 11.8 Å². The topological polar surface area (TPSA) is 66.5 Å². The minimum Gasteiger partial charge on any atom is -0.277 e. The van der Waals surface area contributed by atoms with Gasteiger partial charge in [-0.05, 0) is 37.0 Å². The van der Waals surface area contributed by atoms with Gasteiger partial charge < -0.3 is 0 Å². The highest BCUT2D eigenvalue weighted by atomic mass is 16.2. The summed E-state index contributed by atoms with van der Waals surface area (Å²) in [6.45, 7) is 8.04. The largest absolute Gasteiger partial charge is 0.331 e. The number of carbonyl (C=O) groups excluding carboxylic acids is 3. The normalized spacial score (nSPS) is 35.5. The molecule has 20 heavy (non-hydrogen) atoms. The fourth-order valence-corrected chi connectivity index (χ4v) is 3.29. The maximum atomic E-state index is 12.5. The van der Waals surface area contributed by atoms with Gasteiger partial charge in [-0.15, -0.1) is 0 Å². The summed E-state index contributed by atoms with van der Waals surface area (Å²) in [5.41, 5.74) is 0. The second kappa shape index (κ2) is 5.54. The Morgan fingerprint density at radius 3 is 2.30 bits per heavy atom. The molecular formula is C15H24N2O3. The van der Waals surface area contributed by atoms with Crippen LogP contribution in [0.3, 0.4) is 0 Å². The summed E-state index contributed by atoms with van der Waals surface area (Å²) in [6.07, 6.45) is 2.69. The second-order valence-corrected chi connectivity index (χ2v) is 6.65. The van der Waals surface area contributed by atoms with Crippen LogP contribution >= 0.6 is 0 Å². The van der Waals surface area contributed by atoms with Crippen LogP contribution < -0.4 is 5.32 Å². The number of hydrogen-bond donors (Lipinski definition) is 1. The molecule has 0 aromatic heterocycles. The van der Waals surface area contributed by atoms with Gasteiger partial charge in [-0.1, -0.05) is 27.7 Å². The average Bonchev–Trinajstić information content (AvgIpc) is 2.32. The number of urea groups is 1. The number of barbiturate groups is 1. The van der Waals surface area contributed by atoms with Gasteiger partial charge in [0.25, 0.3) is 0 Å². The highest BCUT2D eigenvalue weighted by Crippen LogP contribution is 2.34. The summed E-state index contributed by atoms with van der Waals surface area (Å²) in [6, 6.07) is -0.605. The number of imide groups is 2. The molecule has 4 unspecified atom stereocenters. The van der Waals surface area contributed by atoms with E-state index in [1.165, 1.54) is 4.90 Å². The smallest absolute Gasteiger partial charge is 0.277 e. The second-order valence-electron chi connectivity index (χ2n) is 6.65. The minimum absolute atomic E-state index is 0.0666. The summed E-state index contributed by atoms with van der Waals surface area (Å²) in [5, 5.41) is 2.34. The Morgan fingerprint density at radius 2 is 1.75 bits per heavy atom. The quantitative estimate of drug-likeness (QED) is 0.788. The van der Waals surface area contributed by atoms with Gasteiger partial charge >= 0.3 is 6.03 Å². The first kappa shape index (κ1) is 15.0. The lowest BCUT2D eigenvalue weighted by Crippen LogP contribution is -2.62. The van der Waals surface area contributed by atoms with Gasteiger partial charge in [-0.2, -0.15) is 0 Å². The number of carbonyl (C=O) groups is 3. The molecule has 0 aromatic carbocycles. The molecule has 1 saturated carbocycles. The Hall–Kier alpha value is -1.39. The summed E-state index contributed by atoms with van der Waals surface area (Å²) >= 11 is 0. The standard InChI is InChI=1S/C15H24N2O3/c1-8(2)12-13(18)16-15(20)17(14(12)19)11-6-5-9(3)10(4)7-11/h8-12H,5-7H2,1-4H3,(H,16,18,20). The lowest BCUT2D eigenvalue weighted by Gasteiger charge is -2.41. The summed E-state index contributed by atoms with van der Waals surface area (Å²) < 4.78 is 0. The zero-order valence-corrected chi connectivity index (χ0v) is 12.7. The van der Waals surface area contributed by atoms with Crippen molar-refractivity contribution in [3.63, 3.8) is 0 Å². The molecule has 2 aliphatic rings. The zero-order chi connectivity index (χ0) is 15.0. The van der Waals surface area contributed by atoms with Gasteiger partial charge in [-0.25, -0.2) is 4.79 Å². The first-order valence-corrected chi connectivity index (χ1v) is 7.50. The Morgan fingerprint density at radius 1 is 1.10 bits per heavy atom. The summed E-state index contributed by atoms with van der Waals surface area (Å²) in [5.74, 6) is -0.495. The number of nitrogens with one attached hydrogen (secondary N) is 1. The number of hydrogen-bond acceptors (Lipinski definition) is 3. The lowest BCUT2D eigenvalue weighted by atomic mass is 9.78. The van der Waals surface area contributed by atoms with Crippen LogP contribution in [0.25, 0.3) is 0 Å². The van der Waals surface area contributed by atoms with E-state index in [-0.39, 0.29) is 17.9 Å². The molecule has 2 fully saturated rings. The van der Waals surface area contributed by atoms with Crippen LogP contribution in [0.4, 0.5) is 4.79 Å². The molecule has 1 heterocycles. The number of rotatable bonds is 2. The average molecular weight is 280 g/mol. The first-order valence-electron chi connectivity index (χ1n) is 7.50. The molecule has 4 atom stereocenters. The molecule has 1 N–H and O–H groups in total. The molecule has 1 aliphatic carbocycles. The van der Waals surface area contributed by atoms with E-state index >= 15 is 0 Å².